The molecule has 0 aliphatic heterocycles. The van der Waals surface area contributed by atoms with Gasteiger partial charge in [-0.1, -0.05) is 0 Å². The lowest BCUT2D eigenvalue weighted by Crippen LogP contribution is -2.20. The van der Waals surface area contributed by atoms with E-state index in [2.05, 4.69) is 4.98 Å². The number of rotatable bonds is 3. The van der Waals surface area contributed by atoms with E-state index in [1.807, 2.05) is 0 Å². The minimum absolute atomic E-state index is 0.0850. The molecule has 0 fully saturated rings. The molecule has 1 rings (SSSR count). The van der Waals surface area contributed by atoms with Crippen molar-refractivity contribution in [3.8, 4) is 5.75 Å². The van der Waals surface area contributed by atoms with Crippen LogP contribution in [0.2, 0.25) is 0 Å². The van der Waals surface area contributed by atoms with Crippen molar-refractivity contribution in [3.63, 3.8) is 0 Å². The highest BCUT2D eigenvalue weighted by Gasteiger charge is 2.05. The molecule has 1 heterocycles. The van der Waals surface area contributed by atoms with Crippen LogP contribution in [0.5, 0.6) is 5.75 Å². The molecule has 0 atom stereocenters. The molecule has 12 heavy (non-hydrogen) atoms. The van der Waals surface area contributed by atoms with Crippen LogP contribution < -0.4 is 4.90 Å². The second kappa shape index (κ2) is 3.71. The van der Waals surface area contributed by atoms with E-state index in [1.54, 1.807) is 24.2 Å². The quantitative estimate of drug-likeness (QED) is 0.661. The van der Waals surface area contributed by atoms with Gasteiger partial charge in [-0.25, -0.2) is 4.98 Å². The number of carbonyl (C=O) groups is 1. The summed E-state index contributed by atoms with van der Waals surface area (Å²) in [5, 5.41) is 9.29. The fourth-order valence-electron chi connectivity index (χ4n) is 0.881. The second-order valence-electron chi connectivity index (χ2n) is 2.39. The highest BCUT2D eigenvalue weighted by molar-refractivity contribution is 5.61. The first-order valence-electron chi connectivity index (χ1n) is 3.54. The van der Waals surface area contributed by atoms with E-state index in [9.17, 15) is 9.90 Å². The molecule has 1 aromatic heterocycles. The minimum atomic E-state index is 0.0850. The van der Waals surface area contributed by atoms with Crippen LogP contribution in [0.4, 0.5) is 5.82 Å². The maximum atomic E-state index is 10.1. The number of aromatic nitrogens is 1. The van der Waals surface area contributed by atoms with Crippen LogP contribution in [0, 0.1) is 0 Å². The van der Waals surface area contributed by atoms with Gasteiger partial charge in [0.25, 0.3) is 0 Å². The van der Waals surface area contributed by atoms with E-state index in [4.69, 9.17) is 0 Å². The SMILES string of the molecule is CN(CC=O)c1ncccc1O. The fraction of sp³-hybridized carbons (Fsp3) is 0.250. The zero-order valence-corrected chi connectivity index (χ0v) is 6.77. The van der Waals surface area contributed by atoms with Crippen LogP contribution in [-0.2, 0) is 4.79 Å². The molecule has 64 valence electrons. The summed E-state index contributed by atoms with van der Waals surface area (Å²) in [6, 6.07) is 3.16. The molecule has 0 saturated heterocycles. The van der Waals surface area contributed by atoms with E-state index < -0.39 is 0 Å². The zero-order chi connectivity index (χ0) is 8.97. The highest BCUT2D eigenvalue weighted by atomic mass is 16.3. The lowest BCUT2D eigenvalue weighted by molar-refractivity contribution is -0.106. The summed E-state index contributed by atoms with van der Waals surface area (Å²) < 4.78 is 0. The van der Waals surface area contributed by atoms with Crippen molar-refractivity contribution in [2.24, 2.45) is 0 Å². The Morgan fingerprint density at radius 3 is 3.08 bits per heavy atom. The van der Waals surface area contributed by atoms with E-state index >= 15 is 0 Å². The van der Waals surface area contributed by atoms with Crippen molar-refractivity contribution >= 4 is 12.1 Å². The Kier molecular flexibility index (Phi) is 2.63. The van der Waals surface area contributed by atoms with E-state index in [0.29, 0.717) is 5.82 Å². The van der Waals surface area contributed by atoms with Gasteiger partial charge in [-0.2, -0.15) is 0 Å². The van der Waals surface area contributed by atoms with Crippen molar-refractivity contribution in [3.05, 3.63) is 18.3 Å². The van der Waals surface area contributed by atoms with Crippen LogP contribution in [0.25, 0.3) is 0 Å². The molecule has 4 nitrogen and oxygen atoms in total. The van der Waals surface area contributed by atoms with Crippen molar-refractivity contribution in [1.29, 1.82) is 0 Å². The lowest BCUT2D eigenvalue weighted by atomic mass is 10.4. The standard InChI is InChI=1S/C8H10N2O2/c1-10(5-6-11)8-7(12)3-2-4-9-8/h2-4,6,12H,5H2,1H3. The number of carbonyl (C=O) groups excluding carboxylic acids is 1. The Bertz CT molecular complexity index is 276. The number of hydrogen-bond donors (Lipinski definition) is 1. The topological polar surface area (TPSA) is 53.4 Å². The van der Waals surface area contributed by atoms with Gasteiger partial charge in [0, 0.05) is 13.2 Å². The summed E-state index contributed by atoms with van der Waals surface area (Å²) in [5.41, 5.74) is 0. The summed E-state index contributed by atoms with van der Waals surface area (Å²) in [7, 11) is 1.69. The number of likely N-dealkylation sites (N-methyl/N-ethyl adjacent to an activating group) is 1. The number of nitrogens with zero attached hydrogens (tertiary/aromatic N) is 2. The maximum absolute atomic E-state index is 10.1. The van der Waals surface area contributed by atoms with Crippen LogP contribution in [-0.4, -0.2) is 30.0 Å². The molecule has 1 N–H and O–H groups in total. The molecule has 0 bridgehead atoms. The fourth-order valence-corrected chi connectivity index (χ4v) is 0.881. The van der Waals surface area contributed by atoms with E-state index in [-0.39, 0.29) is 12.3 Å². The summed E-state index contributed by atoms with van der Waals surface area (Å²) in [6.45, 7) is 0.227. The van der Waals surface area contributed by atoms with Crippen LogP contribution in [0.15, 0.2) is 18.3 Å². The van der Waals surface area contributed by atoms with Crippen LogP contribution >= 0.6 is 0 Å². The Balaban J connectivity index is 2.86. The van der Waals surface area contributed by atoms with Crippen LogP contribution in [0.1, 0.15) is 0 Å². The van der Waals surface area contributed by atoms with Crippen molar-refractivity contribution < 1.29 is 9.90 Å². The third-order valence-electron chi connectivity index (χ3n) is 1.48. The van der Waals surface area contributed by atoms with Gasteiger partial charge < -0.3 is 14.8 Å². The molecule has 0 unspecified atom stereocenters. The first kappa shape index (κ1) is 8.52. The van der Waals surface area contributed by atoms with Crippen molar-refractivity contribution in [2.45, 2.75) is 0 Å². The molecule has 0 aromatic carbocycles. The zero-order valence-electron chi connectivity index (χ0n) is 6.77. The first-order valence-corrected chi connectivity index (χ1v) is 3.54. The summed E-state index contributed by atoms with van der Waals surface area (Å²) in [5.74, 6) is 0.506. The smallest absolute Gasteiger partial charge is 0.171 e. The first-order chi connectivity index (χ1) is 5.75. The van der Waals surface area contributed by atoms with Gasteiger partial charge in [0.05, 0.1) is 6.54 Å². The number of pyridine rings is 1. The number of aldehydes is 1. The molecule has 0 saturated carbocycles. The van der Waals surface area contributed by atoms with Gasteiger partial charge in [-0.3, -0.25) is 0 Å². The third-order valence-corrected chi connectivity index (χ3v) is 1.48. The average Bonchev–Trinajstić information content (AvgIpc) is 2.05. The van der Waals surface area contributed by atoms with Gasteiger partial charge >= 0.3 is 0 Å². The lowest BCUT2D eigenvalue weighted by Gasteiger charge is -2.14. The average molecular weight is 166 g/mol. The monoisotopic (exact) mass is 166 g/mol. The van der Waals surface area contributed by atoms with Gasteiger partial charge in [0.1, 0.15) is 6.29 Å². The molecule has 0 radical (unpaired) electrons. The predicted octanol–water partition coefficient (Wildman–Crippen LogP) is 0.422. The normalized spacial score (nSPS) is 9.42. The molecule has 4 heteroatoms. The van der Waals surface area contributed by atoms with Gasteiger partial charge in [0.15, 0.2) is 11.6 Å². The Morgan fingerprint density at radius 1 is 1.75 bits per heavy atom. The summed E-state index contributed by atoms with van der Waals surface area (Å²) in [6.07, 6.45) is 2.32. The third kappa shape index (κ3) is 1.72. The van der Waals surface area contributed by atoms with Crippen molar-refractivity contribution in [1.82, 2.24) is 4.98 Å². The van der Waals surface area contributed by atoms with Gasteiger partial charge in [0.2, 0.25) is 0 Å². The molecule has 1 aromatic rings. The largest absolute Gasteiger partial charge is 0.504 e. The molecule has 0 amide bonds. The Labute approximate surface area is 70.5 Å². The molecule has 0 aliphatic carbocycles. The molecule has 0 aliphatic rings. The van der Waals surface area contributed by atoms with Crippen molar-refractivity contribution in [2.75, 3.05) is 18.5 Å². The summed E-state index contributed by atoms with van der Waals surface area (Å²) in [4.78, 5) is 15.6. The Morgan fingerprint density at radius 2 is 2.50 bits per heavy atom. The summed E-state index contributed by atoms with van der Waals surface area (Å²) >= 11 is 0. The highest BCUT2D eigenvalue weighted by Crippen LogP contribution is 2.21. The Hall–Kier alpha value is -1.58. The molecular formula is C8H10N2O2. The van der Waals surface area contributed by atoms with E-state index in [1.165, 1.54) is 6.07 Å². The van der Waals surface area contributed by atoms with Gasteiger partial charge in [-0.05, 0) is 12.1 Å². The van der Waals surface area contributed by atoms with E-state index in [0.717, 1.165) is 6.29 Å². The van der Waals surface area contributed by atoms with Crippen LogP contribution in [0.3, 0.4) is 0 Å². The maximum Gasteiger partial charge on any atom is 0.171 e. The number of anilines is 1. The number of hydrogen-bond acceptors (Lipinski definition) is 4. The van der Waals surface area contributed by atoms with Gasteiger partial charge in [-0.15, -0.1) is 0 Å². The second-order valence-corrected chi connectivity index (χ2v) is 2.39. The molecule has 0 spiro atoms. The molecular weight excluding hydrogens is 156 g/mol. The number of aromatic hydroxyl groups is 1. The predicted molar refractivity (Wildman–Crippen MR) is 45.2 cm³/mol. The minimum Gasteiger partial charge on any atom is -0.504 e.